The van der Waals surface area contributed by atoms with Crippen molar-refractivity contribution in [3.05, 3.63) is 54.1 Å². The van der Waals surface area contributed by atoms with Gasteiger partial charge in [0.2, 0.25) is 0 Å². The van der Waals surface area contributed by atoms with Crippen LogP contribution in [0, 0.1) is 0 Å². The molecule has 0 unspecified atom stereocenters. The van der Waals surface area contributed by atoms with Crippen LogP contribution in [-0.2, 0) is 10.0 Å². The van der Waals surface area contributed by atoms with Gasteiger partial charge in [0.05, 0.1) is 11.1 Å². The molecule has 0 saturated heterocycles. The van der Waals surface area contributed by atoms with E-state index in [1.165, 1.54) is 42.6 Å². The lowest BCUT2D eigenvalue weighted by Gasteiger charge is -2.03. The molecule has 2 rings (SSSR count). The van der Waals surface area contributed by atoms with Gasteiger partial charge in [-0.05, 0) is 54.1 Å². The van der Waals surface area contributed by atoms with Crippen LogP contribution in [0.2, 0.25) is 0 Å². The Labute approximate surface area is 116 Å². The van der Waals surface area contributed by atoms with Crippen molar-refractivity contribution in [1.29, 1.82) is 0 Å². The highest BCUT2D eigenvalue weighted by Crippen LogP contribution is 2.11. The van der Waals surface area contributed by atoms with Crippen LogP contribution in [0.25, 0.3) is 0 Å². The smallest absolute Gasteiger partial charge is 0.276 e. The topological polar surface area (TPSA) is 105 Å². The van der Waals surface area contributed by atoms with Crippen molar-refractivity contribution in [1.82, 2.24) is 4.83 Å². The Morgan fingerprint density at radius 3 is 2.25 bits per heavy atom. The first-order valence-corrected chi connectivity index (χ1v) is 7.15. The number of nitrogens with zero attached hydrogens (tertiary/aromatic N) is 1. The molecule has 20 heavy (non-hydrogen) atoms. The molecule has 4 N–H and O–H groups in total. The number of rotatable bonds is 4. The predicted octanol–water partition coefficient (Wildman–Crippen LogP) is 1.29. The molecule has 0 spiro atoms. The Balaban J connectivity index is 2.09. The summed E-state index contributed by atoms with van der Waals surface area (Å²) in [6.45, 7) is 0. The molecule has 0 amide bonds. The largest absolute Gasteiger partial charge is 0.508 e. The number of phenolic OH excluding ortho intramolecular Hbond substituents is 1. The number of hydrogen-bond acceptors (Lipinski definition) is 5. The molecule has 0 fully saturated rings. The zero-order valence-corrected chi connectivity index (χ0v) is 11.2. The number of hydrazone groups is 1. The monoisotopic (exact) mass is 291 g/mol. The summed E-state index contributed by atoms with van der Waals surface area (Å²) in [4.78, 5) is 2.17. The number of phenols is 1. The molecule has 0 aliphatic rings. The first-order valence-electron chi connectivity index (χ1n) is 5.67. The number of nitrogen functional groups attached to an aromatic ring is 1. The van der Waals surface area contributed by atoms with Crippen LogP contribution in [0.1, 0.15) is 5.56 Å². The second-order valence-corrected chi connectivity index (χ2v) is 5.67. The first-order chi connectivity index (χ1) is 9.47. The maximum Gasteiger partial charge on any atom is 0.276 e. The Morgan fingerprint density at radius 2 is 1.65 bits per heavy atom. The van der Waals surface area contributed by atoms with E-state index in [-0.39, 0.29) is 10.6 Å². The molecule has 0 aromatic heterocycles. The summed E-state index contributed by atoms with van der Waals surface area (Å²) in [6, 6.07) is 12.0. The summed E-state index contributed by atoms with van der Waals surface area (Å²) >= 11 is 0. The van der Waals surface area contributed by atoms with Gasteiger partial charge < -0.3 is 10.8 Å². The molecule has 0 aliphatic heterocycles. The lowest BCUT2D eigenvalue weighted by atomic mass is 10.2. The normalized spacial score (nSPS) is 11.6. The summed E-state index contributed by atoms with van der Waals surface area (Å²) in [5.41, 5.74) is 6.63. The van der Waals surface area contributed by atoms with E-state index < -0.39 is 10.0 Å². The molecular formula is C13H13N3O3S. The molecule has 0 heterocycles. The highest BCUT2D eigenvalue weighted by Gasteiger charge is 2.11. The van der Waals surface area contributed by atoms with Gasteiger partial charge in [-0.3, -0.25) is 0 Å². The van der Waals surface area contributed by atoms with Crippen molar-refractivity contribution in [2.45, 2.75) is 4.90 Å². The molecule has 7 heteroatoms. The number of sulfonamides is 1. The first kappa shape index (κ1) is 13.9. The second kappa shape index (κ2) is 5.62. The molecule has 6 nitrogen and oxygen atoms in total. The maximum absolute atomic E-state index is 11.9. The van der Waals surface area contributed by atoms with Crippen molar-refractivity contribution < 1.29 is 13.5 Å². The standard InChI is InChI=1S/C13H13N3O3S/c14-11-3-7-13(8-4-11)20(18,19)16-15-9-10-1-5-12(17)6-2-10/h1-9,16-17H,14H2/b15-9+. The maximum atomic E-state index is 11.9. The van der Waals surface area contributed by atoms with Crippen molar-refractivity contribution in [3.8, 4) is 5.75 Å². The van der Waals surface area contributed by atoms with Crippen LogP contribution >= 0.6 is 0 Å². The molecule has 2 aromatic rings. The third-order valence-electron chi connectivity index (χ3n) is 2.47. The van der Waals surface area contributed by atoms with E-state index in [1.54, 1.807) is 12.1 Å². The van der Waals surface area contributed by atoms with E-state index in [1.807, 2.05) is 0 Å². The van der Waals surface area contributed by atoms with Gasteiger partial charge in [0.25, 0.3) is 10.0 Å². The van der Waals surface area contributed by atoms with E-state index in [9.17, 15) is 8.42 Å². The van der Waals surface area contributed by atoms with Crippen LogP contribution < -0.4 is 10.6 Å². The third kappa shape index (κ3) is 3.48. The highest BCUT2D eigenvalue weighted by molar-refractivity contribution is 7.89. The van der Waals surface area contributed by atoms with Gasteiger partial charge in [0, 0.05) is 5.69 Å². The van der Waals surface area contributed by atoms with Crippen LogP contribution in [0.5, 0.6) is 5.75 Å². The average Bonchev–Trinajstić information content (AvgIpc) is 2.41. The van der Waals surface area contributed by atoms with Crippen molar-refractivity contribution >= 4 is 21.9 Å². The van der Waals surface area contributed by atoms with E-state index in [0.29, 0.717) is 11.3 Å². The van der Waals surface area contributed by atoms with Gasteiger partial charge in [-0.25, -0.2) is 4.83 Å². The zero-order valence-electron chi connectivity index (χ0n) is 10.4. The lowest BCUT2D eigenvalue weighted by molar-refractivity contribution is 0.475. The molecular weight excluding hydrogens is 278 g/mol. The predicted molar refractivity (Wildman–Crippen MR) is 76.9 cm³/mol. The number of benzene rings is 2. The van der Waals surface area contributed by atoms with Gasteiger partial charge in [-0.2, -0.15) is 13.5 Å². The van der Waals surface area contributed by atoms with E-state index in [0.717, 1.165) is 0 Å². The average molecular weight is 291 g/mol. The second-order valence-electron chi connectivity index (χ2n) is 4.01. The highest BCUT2D eigenvalue weighted by atomic mass is 32.2. The Hall–Kier alpha value is -2.54. The van der Waals surface area contributed by atoms with Gasteiger partial charge >= 0.3 is 0 Å². The summed E-state index contributed by atoms with van der Waals surface area (Å²) in [5.74, 6) is 0.129. The molecule has 0 aliphatic carbocycles. The Morgan fingerprint density at radius 1 is 1.05 bits per heavy atom. The zero-order chi connectivity index (χ0) is 14.6. The van der Waals surface area contributed by atoms with Gasteiger partial charge in [0.15, 0.2) is 0 Å². The van der Waals surface area contributed by atoms with Gasteiger partial charge in [-0.1, -0.05) is 0 Å². The number of nitrogens with one attached hydrogen (secondary N) is 1. The van der Waals surface area contributed by atoms with Crippen molar-refractivity contribution in [2.75, 3.05) is 5.73 Å². The van der Waals surface area contributed by atoms with Crippen LogP contribution in [0.4, 0.5) is 5.69 Å². The molecule has 2 aromatic carbocycles. The number of hydrogen-bond donors (Lipinski definition) is 3. The molecule has 0 bridgehead atoms. The molecule has 0 saturated carbocycles. The summed E-state index contributed by atoms with van der Waals surface area (Å²) in [6.07, 6.45) is 1.34. The van der Waals surface area contributed by atoms with Gasteiger partial charge in [0.1, 0.15) is 5.75 Å². The fourth-order valence-corrected chi connectivity index (χ4v) is 2.22. The Kier molecular flexibility index (Phi) is 3.90. The minimum Gasteiger partial charge on any atom is -0.508 e. The number of nitrogens with two attached hydrogens (primary N) is 1. The molecule has 0 radical (unpaired) electrons. The fraction of sp³-hybridized carbons (Fsp3) is 0. The van der Waals surface area contributed by atoms with Gasteiger partial charge in [-0.15, -0.1) is 0 Å². The fourth-order valence-electron chi connectivity index (χ4n) is 1.43. The van der Waals surface area contributed by atoms with Crippen LogP contribution in [0.15, 0.2) is 58.5 Å². The minimum absolute atomic E-state index is 0.0783. The van der Waals surface area contributed by atoms with E-state index in [4.69, 9.17) is 10.8 Å². The molecule has 0 atom stereocenters. The number of aromatic hydroxyl groups is 1. The summed E-state index contributed by atoms with van der Waals surface area (Å²) in [7, 11) is -3.71. The number of anilines is 1. The van der Waals surface area contributed by atoms with E-state index in [2.05, 4.69) is 9.93 Å². The Bertz CT molecular complexity index is 708. The van der Waals surface area contributed by atoms with Crippen molar-refractivity contribution in [3.63, 3.8) is 0 Å². The lowest BCUT2D eigenvalue weighted by Crippen LogP contribution is -2.18. The quantitative estimate of drug-likeness (QED) is 0.448. The van der Waals surface area contributed by atoms with E-state index >= 15 is 0 Å². The minimum atomic E-state index is -3.71. The molecule has 104 valence electrons. The van der Waals surface area contributed by atoms with Crippen molar-refractivity contribution in [2.24, 2.45) is 5.10 Å². The third-order valence-corrected chi connectivity index (χ3v) is 3.71. The van der Waals surface area contributed by atoms with Crippen LogP contribution in [-0.4, -0.2) is 19.7 Å². The summed E-state index contributed by atoms with van der Waals surface area (Å²) < 4.78 is 23.8. The summed E-state index contributed by atoms with van der Waals surface area (Å²) in [5, 5.41) is 12.8. The van der Waals surface area contributed by atoms with Crippen LogP contribution in [0.3, 0.4) is 0 Å². The SMILES string of the molecule is Nc1ccc(S(=O)(=O)N/N=C/c2ccc(O)cc2)cc1.